The minimum Gasteiger partial charge on any atom is -0.283 e. The Balaban J connectivity index is 3.06. The fourth-order valence-electron chi connectivity index (χ4n) is 0.829. The maximum atomic E-state index is 11.5. The molecule has 1 N–H and O–H groups in total. The van der Waals surface area contributed by atoms with Crippen LogP contribution in [0.2, 0.25) is 0 Å². The predicted octanol–water partition coefficient (Wildman–Crippen LogP) is -0.0821. The van der Waals surface area contributed by atoms with Crippen molar-refractivity contribution in [3.05, 3.63) is 0 Å². The molecule has 1 unspecified atom stereocenters. The summed E-state index contributed by atoms with van der Waals surface area (Å²) in [5, 5.41) is 0. The van der Waals surface area contributed by atoms with Crippen molar-refractivity contribution in [1.82, 2.24) is 4.72 Å². The van der Waals surface area contributed by atoms with Crippen molar-refractivity contribution in [3.8, 4) is 0 Å². The average Bonchev–Trinajstić information content (AvgIpc) is 2.13. The molecule has 1 saturated heterocycles. The molecule has 10 heavy (non-hydrogen) atoms. The Labute approximate surface area is 61.0 Å². The second-order valence-corrected chi connectivity index (χ2v) is 5.34. The van der Waals surface area contributed by atoms with Crippen LogP contribution >= 0.6 is 0 Å². The van der Waals surface area contributed by atoms with Crippen LogP contribution in [0.1, 0.15) is 20.3 Å². The maximum Gasteiger partial charge on any atom is 0.232 e. The number of hydrogen-bond acceptors (Lipinski definition) is 2. The van der Waals surface area contributed by atoms with Gasteiger partial charge in [0.2, 0.25) is 5.91 Å². The van der Waals surface area contributed by atoms with Crippen molar-refractivity contribution in [2.75, 3.05) is 5.75 Å². The second kappa shape index (κ2) is 2.27. The van der Waals surface area contributed by atoms with Crippen LogP contribution in [0, 0.1) is 0 Å². The van der Waals surface area contributed by atoms with E-state index in [2.05, 4.69) is 4.72 Å². The summed E-state index contributed by atoms with van der Waals surface area (Å²) in [6.45, 7) is 3.57. The van der Waals surface area contributed by atoms with Crippen LogP contribution in [0.3, 0.4) is 0 Å². The molecule has 0 aromatic heterocycles. The Bertz CT molecular complexity index is 269. The van der Waals surface area contributed by atoms with Gasteiger partial charge in [0, 0.05) is 12.2 Å². The third kappa shape index (κ3) is 1.16. The molecule has 1 aliphatic heterocycles. The molecule has 0 saturated carbocycles. The van der Waals surface area contributed by atoms with E-state index in [0.29, 0.717) is 12.2 Å². The minimum absolute atomic E-state index is 0.0915. The zero-order valence-corrected chi connectivity index (χ0v) is 6.96. The normalized spacial score (nSPS) is 32.0. The Morgan fingerprint density at radius 2 is 2.20 bits per heavy atom. The molecule has 0 aromatic carbocycles. The number of hydrogen-bond donors (Lipinski definition) is 1. The highest BCUT2D eigenvalue weighted by atomic mass is 32.2. The Kier molecular flexibility index (Phi) is 1.72. The zero-order chi connectivity index (χ0) is 7.78. The standard InChI is InChI=1S/C6H11NO2S/c1-5(2)10(9)4-3-6(8)7-10/h3-4H2,1-2H3,(H,7,8,9). The Morgan fingerprint density at radius 3 is 2.40 bits per heavy atom. The van der Waals surface area contributed by atoms with Crippen molar-refractivity contribution in [3.63, 3.8) is 0 Å². The highest BCUT2D eigenvalue weighted by Crippen LogP contribution is 2.03. The summed E-state index contributed by atoms with van der Waals surface area (Å²) < 4.78 is 14.0. The highest BCUT2D eigenvalue weighted by molar-refractivity contribution is 8.01. The summed E-state index contributed by atoms with van der Waals surface area (Å²) in [4.78, 5) is 11.5. The number of amides is 1. The van der Waals surface area contributed by atoms with Crippen LogP contribution < -0.4 is 4.72 Å². The van der Waals surface area contributed by atoms with Crippen LogP contribution in [0.4, 0.5) is 0 Å². The number of carbonyl (C=O) groups is 1. The highest BCUT2D eigenvalue weighted by Gasteiger charge is 2.21. The van der Waals surface area contributed by atoms with Crippen molar-refractivity contribution < 1.29 is 9.00 Å². The van der Waals surface area contributed by atoms with Crippen LogP contribution in [0.15, 0.2) is 0 Å². The number of rotatable bonds is 0. The van der Waals surface area contributed by atoms with Gasteiger partial charge in [-0.25, -0.2) is 4.21 Å². The van der Waals surface area contributed by atoms with E-state index in [0.717, 1.165) is 4.86 Å². The van der Waals surface area contributed by atoms with Gasteiger partial charge in [0.25, 0.3) is 0 Å². The summed E-state index contributed by atoms with van der Waals surface area (Å²) in [5.41, 5.74) is 0. The van der Waals surface area contributed by atoms with E-state index >= 15 is 0 Å². The predicted molar refractivity (Wildman–Crippen MR) is 42.1 cm³/mol. The molecule has 0 aromatic rings. The minimum atomic E-state index is -2.10. The van der Waals surface area contributed by atoms with Crippen LogP contribution in [-0.2, 0) is 14.5 Å². The fraction of sp³-hybridized carbons (Fsp3) is 0.667. The molecule has 0 bridgehead atoms. The van der Waals surface area contributed by atoms with Gasteiger partial charge in [-0.1, -0.05) is 0 Å². The molecule has 0 radical (unpaired) electrons. The molecule has 1 heterocycles. The van der Waals surface area contributed by atoms with E-state index in [1.165, 1.54) is 0 Å². The smallest absolute Gasteiger partial charge is 0.232 e. The van der Waals surface area contributed by atoms with Gasteiger partial charge in [0.15, 0.2) is 0 Å². The number of carbonyl (C=O) groups excluding carboxylic acids is 1. The molecule has 4 heteroatoms. The summed E-state index contributed by atoms with van der Waals surface area (Å²) >= 11 is 0. The first-order valence-electron chi connectivity index (χ1n) is 3.17. The molecule has 1 atom stereocenters. The molecular formula is C6H11NO2S. The molecular weight excluding hydrogens is 150 g/mol. The summed E-state index contributed by atoms with van der Waals surface area (Å²) in [6.07, 6.45) is 0.407. The molecule has 3 nitrogen and oxygen atoms in total. The first-order chi connectivity index (χ1) is 4.54. The van der Waals surface area contributed by atoms with Crippen molar-refractivity contribution in [2.45, 2.75) is 20.3 Å². The third-order valence-corrected chi connectivity index (χ3v) is 4.21. The van der Waals surface area contributed by atoms with Gasteiger partial charge >= 0.3 is 0 Å². The summed E-state index contributed by atoms with van der Waals surface area (Å²) in [5.74, 6) is 0.389. The van der Waals surface area contributed by atoms with E-state index < -0.39 is 9.71 Å². The van der Waals surface area contributed by atoms with Gasteiger partial charge in [-0.3, -0.25) is 9.52 Å². The van der Waals surface area contributed by atoms with Crippen LogP contribution in [0.25, 0.3) is 0 Å². The lowest BCUT2D eigenvalue weighted by Gasteiger charge is -2.02. The zero-order valence-electron chi connectivity index (χ0n) is 6.14. The first-order valence-corrected chi connectivity index (χ1v) is 4.90. The van der Waals surface area contributed by atoms with E-state index in [1.54, 1.807) is 13.8 Å². The van der Waals surface area contributed by atoms with Crippen LogP contribution in [0.5, 0.6) is 0 Å². The monoisotopic (exact) mass is 161 g/mol. The fourth-order valence-corrected chi connectivity index (χ4v) is 2.49. The quantitative estimate of drug-likeness (QED) is 0.505. The van der Waals surface area contributed by atoms with Crippen molar-refractivity contribution in [2.24, 2.45) is 0 Å². The molecule has 1 amide bonds. The van der Waals surface area contributed by atoms with E-state index in [1.807, 2.05) is 0 Å². The molecule has 0 aliphatic carbocycles. The molecule has 1 rings (SSSR count). The summed E-state index contributed by atoms with van der Waals surface area (Å²) in [6, 6.07) is 0. The van der Waals surface area contributed by atoms with Gasteiger partial charge < -0.3 is 0 Å². The first kappa shape index (κ1) is 7.60. The van der Waals surface area contributed by atoms with Gasteiger partial charge in [-0.2, -0.15) is 0 Å². The third-order valence-electron chi connectivity index (χ3n) is 1.55. The molecule has 58 valence electrons. The largest absolute Gasteiger partial charge is 0.283 e. The lowest BCUT2D eigenvalue weighted by Crippen LogP contribution is -2.25. The topological polar surface area (TPSA) is 46.2 Å². The second-order valence-electron chi connectivity index (χ2n) is 2.56. The van der Waals surface area contributed by atoms with E-state index in [4.69, 9.17) is 0 Å². The molecule has 0 spiro atoms. The van der Waals surface area contributed by atoms with Crippen molar-refractivity contribution >= 4 is 20.5 Å². The van der Waals surface area contributed by atoms with Gasteiger partial charge in [-0.15, -0.1) is 0 Å². The SMILES string of the molecule is CC(C)=S1(=O)CCC(=O)N1. The van der Waals surface area contributed by atoms with Gasteiger partial charge in [0.05, 0.1) is 9.71 Å². The van der Waals surface area contributed by atoms with Crippen molar-refractivity contribution in [1.29, 1.82) is 0 Å². The van der Waals surface area contributed by atoms with E-state index in [9.17, 15) is 9.00 Å². The van der Waals surface area contributed by atoms with Gasteiger partial charge in [-0.05, 0) is 18.7 Å². The maximum absolute atomic E-state index is 11.5. The van der Waals surface area contributed by atoms with Crippen LogP contribution in [-0.4, -0.2) is 20.7 Å². The lowest BCUT2D eigenvalue weighted by atomic mass is 10.5. The molecule has 1 fully saturated rings. The van der Waals surface area contributed by atoms with Gasteiger partial charge in [0.1, 0.15) is 0 Å². The number of nitrogens with one attached hydrogen (secondary N) is 1. The molecule has 1 aliphatic rings. The summed E-state index contributed by atoms with van der Waals surface area (Å²) in [7, 11) is -2.10. The lowest BCUT2D eigenvalue weighted by molar-refractivity contribution is -0.118. The average molecular weight is 161 g/mol. The van der Waals surface area contributed by atoms with E-state index in [-0.39, 0.29) is 5.91 Å². The Morgan fingerprint density at radius 1 is 1.60 bits per heavy atom. The Hall–Kier alpha value is -0.510.